The van der Waals surface area contributed by atoms with Crippen LogP contribution >= 0.6 is 0 Å². The van der Waals surface area contributed by atoms with Gasteiger partial charge in [0.15, 0.2) is 6.10 Å². The number of ether oxygens (including phenoxy) is 3. The SMILES string of the molecule is CCCCCCC/C=C\CCCCCCCC(=O)OCC(COC(=O)CCCCCCC)OC(=O)CCCCCCCCC. The largest absolute Gasteiger partial charge is 0.462 e. The minimum atomic E-state index is -0.760. The Hall–Kier alpha value is -1.85. The maximum absolute atomic E-state index is 12.5. The van der Waals surface area contributed by atoms with Gasteiger partial charge in [0, 0.05) is 19.3 Å². The fraction of sp³-hybridized carbons (Fsp3) is 0.868. The van der Waals surface area contributed by atoms with E-state index in [1.54, 1.807) is 0 Å². The Bertz CT molecular complexity index is 689. The van der Waals surface area contributed by atoms with Gasteiger partial charge in [-0.25, -0.2) is 0 Å². The van der Waals surface area contributed by atoms with E-state index < -0.39 is 6.10 Å². The van der Waals surface area contributed by atoms with Crippen LogP contribution in [0.5, 0.6) is 0 Å². The average Bonchev–Trinajstić information content (AvgIpc) is 3.02. The number of rotatable bonds is 33. The van der Waals surface area contributed by atoms with E-state index in [9.17, 15) is 14.4 Å². The Labute approximate surface area is 271 Å². The summed E-state index contributed by atoms with van der Waals surface area (Å²) in [6.45, 7) is 6.47. The summed E-state index contributed by atoms with van der Waals surface area (Å²) in [5, 5.41) is 0. The molecular weight excluding hydrogens is 552 g/mol. The molecule has 44 heavy (non-hydrogen) atoms. The second-order valence-electron chi connectivity index (χ2n) is 12.5. The van der Waals surface area contributed by atoms with Crippen molar-refractivity contribution in [3.05, 3.63) is 12.2 Å². The van der Waals surface area contributed by atoms with Crippen molar-refractivity contribution in [2.24, 2.45) is 0 Å². The first-order valence-electron chi connectivity index (χ1n) is 18.7. The summed E-state index contributed by atoms with van der Waals surface area (Å²) in [7, 11) is 0. The van der Waals surface area contributed by atoms with Crippen LogP contribution in [0.25, 0.3) is 0 Å². The van der Waals surface area contributed by atoms with Gasteiger partial charge in [-0.05, 0) is 44.9 Å². The maximum Gasteiger partial charge on any atom is 0.306 e. The number of carbonyl (C=O) groups is 3. The highest BCUT2D eigenvalue weighted by Crippen LogP contribution is 2.12. The molecular formula is C38H70O6. The van der Waals surface area contributed by atoms with Gasteiger partial charge in [-0.1, -0.05) is 142 Å². The number of allylic oxidation sites excluding steroid dienone is 2. The number of carbonyl (C=O) groups excluding carboxylic acids is 3. The van der Waals surface area contributed by atoms with E-state index in [2.05, 4.69) is 32.9 Å². The lowest BCUT2D eigenvalue weighted by Gasteiger charge is -2.18. The third kappa shape index (κ3) is 31.6. The molecule has 0 heterocycles. The first-order valence-corrected chi connectivity index (χ1v) is 18.7. The molecule has 6 nitrogen and oxygen atoms in total. The smallest absolute Gasteiger partial charge is 0.306 e. The van der Waals surface area contributed by atoms with Gasteiger partial charge in [0.1, 0.15) is 13.2 Å². The Morgan fingerprint density at radius 3 is 1.14 bits per heavy atom. The van der Waals surface area contributed by atoms with Crippen molar-refractivity contribution >= 4 is 17.9 Å². The van der Waals surface area contributed by atoms with E-state index in [-0.39, 0.29) is 31.1 Å². The number of esters is 3. The molecule has 0 radical (unpaired) electrons. The maximum atomic E-state index is 12.5. The van der Waals surface area contributed by atoms with Crippen molar-refractivity contribution in [1.82, 2.24) is 0 Å². The third-order valence-corrected chi connectivity index (χ3v) is 8.02. The number of hydrogen-bond donors (Lipinski definition) is 0. The van der Waals surface area contributed by atoms with Gasteiger partial charge in [0.25, 0.3) is 0 Å². The third-order valence-electron chi connectivity index (χ3n) is 8.02. The summed E-state index contributed by atoms with van der Waals surface area (Å²) in [5.41, 5.74) is 0. The second kappa shape index (κ2) is 34.0. The highest BCUT2D eigenvalue weighted by molar-refractivity contribution is 5.71. The number of hydrogen-bond acceptors (Lipinski definition) is 6. The van der Waals surface area contributed by atoms with E-state index in [1.165, 1.54) is 83.5 Å². The zero-order chi connectivity index (χ0) is 32.4. The molecule has 0 rings (SSSR count). The van der Waals surface area contributed by atoms with Crippen LogP contribution in [-0.2, 0) is 28.6 Å². The van der Waals surface area contributed by atoms with Gasteiger partial charge in [0.05, 0.1) is 0 Å². The van der Waals surface area contributed by atoms with Crippen molar-refractivity contribution in [2.45, 2.75) is 200 Å². The lowest BCUT2D eigenvalue weighted by atomic mass is 10.1. The Morgan fingerprint density at radius 1 is 0.432 bits per heavy atom. The molecule has 0 spiro atoms. The lowest BCUT2D eigenvalue weighted by Crippen LogP contribution is -2.30. The van der Waals surface area contributed by atoms with Crippen LogP contribution in [-0.4, -0.2) is 37.2 Å². The summed E-state index contributed by atoms with van der Waals surface area (Å²) in [6, 6.07) is 0. The molecule has 0 saturated carbocycles. The first kappa shape index (κ1) is 42.1. The molecule has 0 fully saturated rings. The summed E-state index contributed by atoms with van der Waals surface area (Å²) in [6.07, 6.45) is 32.3. The highest BCUT2D eigenvalue weighted by atomic mass is 16.6. The molecule has 1 atom stereocenters. The van der Waals surface area contributed by atoms with Crippen LogP contribution in [0.4, 0.5) is 0 Å². The van der Waals surface area contributed by atoms with Gasteiger partial charge < -0.3 is 14.2 Å². The molecule has 0 bridgehead atoms. The van der Waals surface area contributed by atoms with Crippen LogP contribution in [0.1, 0.15) is 194 Å². The minimum Gasteiger partial charge on any atom is -0.462 e. The van der Waals surface area contributed by atoms with Crippen molar-refractivity contribution < 1.29 is 28.6 Å². The fourth-order valence-corrected chi connectivity index (χ4v) is 5.14. The monoisotopic (exact) mass is 623 g/mol. The summed E-state index contributed by atoms with van der Waals surface area (Å²) in [4.78, 5) is 37.0. The minimum absolute atomic E-state index is 0.0723. The molecule has 1 unspecified atom stereocenters. The molecule has 0 aromatic carbocycles. The molecule has 0 aromatic rings. The summed E-state index contributed by atoms with van der Waals surface area (Å²) < 4.78 is 16.4. The Morgan fingerprint density at radius 2 is 0.750 bits per heavy atom. The van der Waals surface area contributed by atoms with E-state index in [0.29, 0.717) is 19.3 Å². The van der Waals surface area contributed by atoms with Crippen LogP contribution in [0, 0.1) is 0 Å². The first-order chi connectivity index (χ1) is 21.5. The Balaban J connectivity index is 4.23. The molecule has 0 aliphatic rings. The fourth-order valence-electron chi connectivity index (χ4n) is 5.14. The molecule has 0 aromatic heterocycles. The molecule has 258 valence electrons. The van der Waals surface area contributed by atoms with Crippen LogP contribution in [0.3, 0.4) is 0 Å². The Kier molecular flexibility index (Phi) is 32.6. The molecule has 0 aliphatic heterocycles. The molecule has 0 amide bonds. The standard InChI is InChI=1S/C38H70O6/c1-4-7-10-13-15-16-17-18-19-20-21-23-25-28-31-37(40)43-34-35(33-42-36(39)30-27-24-12-9-6-3)44-38(41)32-29-26-22-14-11-8-5-2/h17-18,35H,4-16,19-34H2,1-3H3/b18-17-. The topological polar surface area (TPSA) is 78.9 Å². The van der Waals surface area contributed by atoms with E-state index in [1.807, 2.05) is 0 Å². The van der Waals surface area contributed by atoms with Crippen LogP contribution in [0.2, 0.25) is 0 Å². The average molecular weight is 623 g/mol. The predicted octanol–water partition coefficient (Wildman–Crippen LogP) is 11.1. The van der Waals surface area contributed by atoms with Crippen LogP contribution < -0.4 is 0 Å². The lowest BCUT2D eigenvalue weighted by molar-refractivity contribution is -0.167. The van der Waals surface area contributed by atoms with E-state index in [4.69, 9.17) is 14.2 Å². The molecule has 0 N–H and O–H groups in total. The van der Waals surface area contributed by atoms with E-state index in [0.717, 1.165) is 70.6 Å². The zero-order valence-corrected chi connectivity index (χ0v) is 29.2. The molecule has 6 heteroatoms. The van der Waals surface area contributed by atoms with Gasteiger partial charge in [-0.15, -0.1) is 0 Å². The molecule has 0 aliphatic carbocycles. The highest BCUT2D eigenvalue weighted by Gasteiger charge is 2.19. The van der Waals surface area contributed by atoms with Gasteiger partial charge in [-0.2, -0.15) is 0 Å². The van der Waals surface area contributed by atoms with Gasteiger partial charge in [0.2, 0.25) is 0 Å². The zero-order valence-electron chi connectivity index (χ0n) is 29.2. The van der Waals surface area contributed by atoms with E-state index >= 15 is 0 Å². The normalized spacial score (nSPS) is 12.0. The van der Waals surface area contributed by atoms with Crippen LogP contribution in [0.15, 0.2) is 12.2 Å². The van der Waals surface area contributed by atoms with Gasteiger partial charge in [-0.3, -0.25) is 14.4 Å². The van der Waals surface area contributed by atoms with Gasteiger partial charge >= 0.3 is 17.9 Å². The number of unbranched alkanes of at least 4 members (excludes halogenated alkanes) is 20. The second-order valence-corrected chi connectivity index (χ2v) is 12.5. The van der Waals surface area contributed by atoms with Crippen molar-refractivity contribution in [3.8, 4) is 0 Å². The van der Waals surface area contributed by atoms with Crippen molar-refractivity contribution in [2.75, 3.05) is 13.2 Å². The predicted molar refractivity (Wildman–Crippen MR) is 183 cm³/mol. The summed E-state index contributed by atoms with van der Waals surface area (Å²) in [5.74, 6) is -0.904. The molecule has 0 saturated heterocycles. The van der Waals surface area contributed by atoms with Crippen molar-refractivity contribution in [1.29, 1.82) is 0 Å². The quantitative estimate of drug-likeness (QED) is 0.0313. The summed E-state index contributed by atoms with van der Waals surface area (Å²) >= 11 is 0. The van der Waals surface area contributed by atoms with Crippen molar-refractivity contribution in [3.63, 3.8) is 0 Å².